The van der Waals surface area contributed by atoms with Crippen LogP contribution in [0.3, 0.4) is 0 Å². The van der Waals surface area contributed by atoms with Gasteiger partial charge in [0.1, 0.15) is 11.7 Å². The molecule has 0 radical (unpaired) electrons. The number of amides is 2. The van der Waals surface area contributed by atoms with Crippen molar-refractivity contribution in [1.82, 2.24) is 15.6 Å². The van der Waals surface area contributed by atoms with Crippen molar-refractivity contribution < 1.29 is 37.4 Å². The van der Waals surface area contributed by atoms with E-state index in [4.69, 9.17) is 9.57 Å². The van der Waals surface area contributed by atoms with Crippen LogP contribution in [0.5, 0.6) is 5.88 Å². The van der Waals surface area contributed by atoms with Crippen LogP contribution in [0.4, 0.5) is 13.2 Å². The SMILES string of the molecule is COc1ncc(C2=NOC3CC(CO)CC23)cc1C(=O)N[C@H]1[C@@H](C(=O)N[C@H](C)C2(C(F)(F)F)CC2)[C@H]2CC[C@@H]1/C2=C\C1CC1. The number of fused-ring (bicyclic) bond motifs is 3. The number of pyridine rings is 1. The zero-order valence-electron chi connectivity index (χ0n) is 24.9. The third-order valence-electron chi connectivity index (χ3n) is 11.2. The Kier molecular flexibility index (Phi) is 7.21. The second-order valence-electron chi connectivity index (χ2n) is 13.7. The summed E-state index contributed by atoms with van der Waals surface area (Å²) in [5.41, 5.74) is 0.756. The Morgan fingerprint density at radius 1 is 1.18 bits per heavy atom. The Balaban J connectivity index is 1.14. The normalized spacial score (nSPS) is 34.7. The summed E-state index contributed by atoms with van der Waals surface area (Å²) in [5.74, 6) is -1.05. The summed E-state index contributed by atoms with van der Waals surface area (Å²) >= 11 is 0. The van der Waals surface area contributed by atoms with Crippen LogP contribution in [0.2, 0.25) is 0 Å². The molecule has 12 heteroatoms. The molecule has 2 heterocycles. The van der Waals surface area contributed by atoms with Gasteiger partial charge in [0, 0.05) is 42.3 Å². The van der Waals surface area contributed by atoms with Gasteiger partial charge in [-0.15, -0.1) is 0 Å². The Bertz CT molecular complexity index is 1400. The van der Waals surface area contributed by atoms with Crippen LogP contribution in [0, 0.1) is 40.9 Å². The van der Waals surface area contributed by atoms with E-state index in [-0.39, 0.29) is 60.7 Å². The van der Waals surface area contributed by atoms with Gasteiger partial charge >= 0.3 is 6.18 Å². The number of allylic oxidation sites excluding steroid dienone is 1. The second-order valence-corrected chi connectivity index (χ2v) is 13.7. The number of methoxy groups -OCH3 is 1. The molecule has 9 nitrogen and oxygen atoms in total. The Labute approximate surface area is 254 Å². The highest BCUT2D eigenvalue weighted by Gasteiger charge is 2.67. The van der Waals surface area contributed by atoms with Crippen LogP contribution < -0.4 is 15.4 Å². The smallest absolute Gasteiger partial charge is 0.396 e. The maximum absolute atomic E-state index is 13.9. The van der Waals surface area contributed by atoms with Crippen molar-refractivity contribution in [2.45, 2.75) is 82.7 Å². The predicted octanol–water partition coefficient (Wildman–Crippen LogP) is 4.15. The van der Waals surface area contributed by atoms with E-state index in [2.05, 4.69) is 26.8 Å². The van der Waals surface area contributed by atoms with Crippen molar-refractivity contribution in [2.24, 2.45) is 46.1 Å². The van der Waals surface area contributed by atoms with Gasteiger partial charge in [0.2, 0.25) is 11.8 Å². The number of nitrogens with one attached hydrogen (secondary N) is 2. The third kappa shape index (κ3) is 4.87. The molecule has 1 aromatic rings. The number of aliphatic hydroxyl groups is 1. The molecule has 5 fully saturated rings. The van der Waals surface area contributed by atoms with Gasteiger partial charge in [-0.3, -0.25) is 9.59 Å². The first-order chi connectivity index (χ1) is 21.0. The molecule has 0 spiro atoms. The number of carbonyl (C=O) groups is 2. The maximum atomic E-state index is 13.9. The molecule has 44 heavy (non-hydrogen) atoms. The molecule has 0 aromatic carbocycles. The lowest BCUT2D eigenvalue weighted by molar-refractivity contribution is -0.194. The number of halogens is 3. The van der Waals surface area contributed by atoms with Crippen LogP contribution in [0.1, 0.15) is 74.2 Å². The van der Waals surface area contributed by atoms with E-state index < -0.39 is 41.4 Å². The van der Waals surface area contributed by atoms with E-state index in [1.54, 1.807) is 12.3 Å². The van der Waals surface area contributed by atoms with Crippen molar-refractivity contribution in [1.29, 1.82) is 0 Å². The van der Waals surface area contributed by atoms with E-state index in [0.717, 1.165) is 37.7 Å². The Morgan fingerprint density at radius 2 is 1.93 bits per heavy atom. The Morgan fingerprint density at radius 3 is 2.59 bits per heavy atom. The molecule has 0 saturated heterocycles. The van der Waals surface area contributed by atoms with Gasteiger partial charge in [-0.05, 0) is 82.1 Å². The lowest BCUT2D eigenvalue weighted by atomic mass is 9.83. The zero-order valence-corrected chi connectivity index (χ0v) is 24.9. The fourth-order valence-electron chi connectivity index (χ4n) is 8.36. The highest BCUT2D eigenvalue weighted by atomic mass is 19.4. The van der Waals surface area contributed by atoms with E-state index in [1.165, 1.54) is 14.0 Å². The first-order valence-electron chi connectivity index (χ1n) is 15.8. The Hall–Kier alpha value is -3.15. The first kappa shape index (κ1) is 29.6. The van der Waals surface area contributed by atoms with E-state index in [9.17, 15) is 27.9 Å². The van der Waals surface area contributed by atoms with Gasteiger partial charge in [0.15, 0.2) is 0 Å². The highest BCUT2D eigenvalue weighted by Crippen LogP contribution is 2.60. The average molecular weight is 617 g/mol. The van der Waals surface area contributed by atoms with E-state index >= 15 is 0 Å². The lowest BCUT2D eigenvalue weighted by Gasteiger charge is -2.33. The van der Waals surface area contributed by atoms with Gasteiger partial charge in [-0.25, -0.2) is 4.98 Å². The number of rotatable bonds is 9. The summed E-state index contributed by atoms with van der Waals surface area (Å²) in [5, 5.41) is 19.8. The topological polar surface area (TPSA) is 122 Å². The molecule has 6 aliphatic rings. The lowest BCUT2D eigenvalue weighted by Crippen LogP contribution is -2.53. The minimum Gasteiger partial charge on any atom is -0.480 e. The molecule has 7 rings (SSSR count). The van der Waals surface area contributed by atoms with E-state index in [0.29, 0.717) is 23.6 Å². The van der Waals surface area contributed by atoms with Crippen molar-refractivity contribution in [3.8, 4) is 5.88 Å². The molecule has 3 unspecified atom stereocenters. The summed E-state index contributed by atoms with van der Waals surface area (Å²) in [6.07, 6.45) is 4.51. The highest BCUT2D eigenvalue weighted by molar-refractivity contribution is 6.06. The van der Waals surface area contributed by atoms with Gasteiger partial charge in [-0.1, -0.05) is 16.8 Å². The summed E-state index contributed by atoms with van der Waals surface area (Å²) in [7, 11) is 1.42. The molecule has 1 aliphatic heterocycles. The number of carbonyl (C=O) groups excluding carboxylic acids is 2. The average Bonchev–Trinajstić information content (AvgIpc) is 3.85. The fourth-order valence-corrected chi connectivity index (χ4v) is 8.36. The van der Waals surface area contributed by atoms with Crippen LogP contribution in [0.15, 0.2) is 29.1 Å². The van der Waals surface area contributed by atoms with Crippen LogP contribution in [-0.2, 0) is 9.63 Å². The van der Waals surface area contributed by atoms with Crippen molar-refractivity contribution >= 4 is 17.5 Å². The number of hydrogen-bond donors (Lipinski definition) is 3. The minimum atomic E-state index is -4.39. The van der Waals surface area contributed by atoms with Gasteiger partial charge in [0.25, 0.3) is 5.91 Å². The molecular weight excluding hydrogens is 577 g/mol. The zero-order chi connectivity index (χ0) is 31.0. The molecule has 5 saturated carbocycles. The fraction of sp³-hybridized carbons (Fsp3) is 0.688. The number of ether oxygens (including phenoxy) is 1. The van der Waals surface area contributed by atoms with Gasteiger partial charge in [0.05, 0.1) is 24.2 Å². The predicted molar refractivity (Wildman–Crippen MR) is 153 cm³/mol. The first-order valence-corrected chi connectivity index (χ1v) is 15.8. The molecule has 5 aliphatic carbocycles. The molecule has 1 aromatic heterocycles. The van der Waals surface area contributed by atoms with Crippen molar-refractivity contribution in [3.05, 3.63) is 35.0 Å². The van der Waals surface area contributed by atoms with Crippen LogP contribution in [0.25, 0.3) is 0 Å². The van der Waals surface area contributed by atoms with Crippen molar-refractivity contribution in [3.63, 3.8) is 0 Å². The molecular formula is C32H39F3N4O5. The van der Waals surface area contributed by atoms with Crippen LogP contribution in [-0.4, -0.2) is 65.7 Å². The molecule has 238 valence electrons. The number of aliphatic hydroxyl groups excluding tert-OH is 1. The van der Waals surface area contributed by atoms with Crippen molar-refractivity contribution in [2.75, 3.05) is 13.7 Å². The third-order valence-corrected chi connectivity index (χ3v) is 11.2. The second kappa shape index (κ2) is 10.7. The number of aromatic nitrogens is 1. The summed E-state index contributed by atoms with van der Waals surface area (Å²) in [6, 6.07) is 0.0508. The summed E-state index contributed by atoms with van der Waals surface area (Å²) in [6.45, 7) is 1.51. The molecule has 2 bridgehead atoms. The maximum Gasteiger partial charge on any atom is 0.396 e. The summed E-state index contributed by atoms with van der Waals surface area (Å²) < 4.78 is 46.9. The largest absolute Gasteiger partial charge is 0.480 e. The monoisotopic (exact) mass is 616 g/mol. The van der Waals surface area contributed by atoms with Gasteiger partial charge < -0.3 is 25.3 Å². The molecule has 2 amide bonds. The van der Waals surface area contributed by atoms with Gasteiger partial charge in [-0.2, -0.15) is 13.2 Å². The number of hydrogen-bond acceptors (Lipinski definition) is 7. The van der Waals surface area contributed by atoms with Crippen LogP contribution >= 0.6 is 0 Å². The quantitative estimate of drug-likeness (QED) is 0.359. The number of alkyl halides is 3. The standard InChI is InChI=1S/C32H39F3N4O5/c1-15(31(7-8-31)32(33,34)35)37-29(42)25-19-5-6-20(21(19)9-16-3-4-16)27(25)38-28(41)23-12-18(13-36-30(23)43-2)26-22-10-17(14-40)11-24(22)44-39-26/h9,12-13,15-17,19-20,22,24-25,27,40H,3-8,10-11,14H2,1-2H3,(H,37,42)(H,38,41)/b21-9-/t15-,17?,19+,20-,22?,24?,25+,27-/m1/s1. The number of nitrogens with zero attached hydrogens (tertiary/aromatic N) is 2. The summed E-state index contributed by atoms with van der Waals surface area (Å²) in [4.78, 5) is 37.8. The molecule has 3 N–H and O–H groups in total. The number of oxime groups is 1. The van der Waals surface area contributed by atoms with E-state index in [1.807, 2.05) is 0 Å². The molecule has 8 atom stereocenters. The minimum absolute atomic E-state index is 0.00336.